The number of azide groups is 1. The summed E-state index contributed by atoms with van der Waals surface area (Å²) in [4.78, 5) is 24.6. The van der Waals surface area contributed by atoms with E-state index in [1.54, 1.807) is 0 Å². The molecule has 1 aromatic rings. The Kier molecular flexibility index (Phi) is 5.31. The molecule has 0 aliphatic carbocycles. The van der Waals surface area contributed by atoms with Crippen molar-refractivity contribution in [3.8, 4) is 5.75 Å². The Morgan fingerprint density at radius 1 is 1.58 bits per heavy atom. The van der Waals surface area contributed by atoms with Gasteiger partial charge in [-0.05, 0) is 24.1 Å². The molecule has 0 aliphatic rings. The molecular formula is C11H12N4O4. The van der Waals surface area contributed by atoms with Crippen LogP contribution in [0.4, 0.5) is 5.69 Å². The molecule has 1 rings (SSSR count). The SMILES string of the molecule is COc1ccc(C(=O)CCCN=[N+]=[N-])cc1[N+](=O)[O-]. The van der Waals surface area contributed by atoms with Crippen LogP contribution in [0.15, 0.2) is 23.3 Å². The van der Waals surface area contributed by atoms with E-state index in [9.17, 15) is 14.9 Å². The fraction of sp³-hybridized carbons (Fsp3) is 0.364. The Morgan fingerprint density at radius 2 is 2.32 bits per heavy atom. The number of ketones is 1. The highest BCUT2D eigenvalue weighted by Crippen LogP contribution is 2.28. The fourth-order valence-electron chi connectivity index (χ4n) is 1.51. The summed E-state index contributed by atoms with van der Waals surface area (Å²) < 4.78 is 4.85. The maximum absolute atomic E-state index is 11.8. The lowest BCUT2D eigenvalue weighted by atomic mass is 10.1. The molecule has 0 unspecified atom stereocenters. The van der Waals surface area contributed by atoms with Gasteiger partial charge >= 0.3 is 5.69 Å². The van der Waals surface area contributed by atoms with Crippen molar-refractivity contribution >= 4 is 11.5 Å². The molecule has 19 heavy (non-hydrogen) atoms. The molecule has 100 valence electrons. The number of methoxy groups -OCH3 is 1. The van der Waals surface area contributed by atoms with E-state index in [-0.39, 0.29) is 35.7 Å². The minimum Gasteiger partial charge on any atom is -0.490 e. The maximum Gasteiger partial charge on any atom is 0.311 e. The van der Waals surface area contributed by atoms with E-state index in [0.717, 1.165) is 0 Å². The van der Waals surface area contributed by atoms with Gasteiger partial charge in [0.2, 0.25) is 0 Å². The standard InChI is InChI=1S/C11H12N4O4/c1-19-11-5-4-8(7-9(11)15(17)18)10(16)3-2-6-13-14-12/h4-5,7H,2-3,6H2,1H3. The van der Waals surface area contributed by atoms with Gasteiger partial charge in [0.15, 0.2) is 11.5 Å². The zero-order valence-corrected chi connectivity index (χ0v) is 10.3. The lowest BCUT2D eigenvalue weighted by molar-refractivity contribution is -0.385. The second-order valence-corrected chi connectivity index (χ2v) is 3.62. The number of carbonyl (C=O) groups is 1. The third kappa shape index (κ3) is 3.97. The Hall–Kier alpha value is -2.60. The number of rotatable bonds is 7. The van der Waals surface area contributed by atoms with Crippen LogP contribution in [-0.2, 0) is 0 Å². The van der Waals surface area contributed by atoms with E-state index in [2.05, 4.69) is 10.0 Å². The molecule has 0 bridgehead atoms. The molecule has 0 heterocycles. The predicted molar refractivity (Wildman–Crippen MR) is 67.2 cm³/mol. The van der Waals surface area contributed by atoms with Gasteiger partial charge in [-0.3, -0.25) is 14.9 Å². The molecule has 0 fully saturated rings. The first-order valence-corrected chi connectivity index (χ1v) is 5.46. The zero-order chi connectivity index (χ0) is 14.3. The van der Waals surface area contributed by atoms with Crippen LogP contribution in [0.25, 0.3) is 10.4 Å². The van der Waals surface area contributed by atoms with Gasteiger partial charge in [0.05, 0.1) is 12.0 Å². The molecule has 8 nitrogen and oxygen atoms in total. The number of Topliss-reactive ketones (excluding diaryl/α,β-unsaturated/α-hetero) is 1. The molecule has 0 atom stereocenters. The monoisotopic (exact) mass is 264 g/mol. The molecule has 0 N–H and O–H groups in total. The Bertz CT molecular complexity index is 537. The van der Waals surface area contributed by atoms with Gasteiger partial charge < -0.3 is 4.74 Å². The molecule has 0 saturated heterocycles. The van der Waals surface area contributed by atoms with Crippen LogP contribution in [0.5, 0.6) is 5.75 Å². The van der Waals surface area contributed by atoms with Gasteiger partial charge in [0.1, 0.15) is 0 Å². The summed E-state index contributed by atoms with van der Waals surface area (Å²) in [6.45, 7) is 0.223. The number of carbonyl (C=O) groups excluding carboxylic acids is 1. The van der Waals surface area contributed by atoms with Gasteiger partial charge in [-0.1, -0.05) is 5.11 Å². The minimum atomic E-state index is -0.602. The molecule has 0 amide bonds. The molecule has 0 spiro atoms. The largest absolute Gasteiger partial charge is 0.490 e. The summed E-state index contributed by atoms with van der Waals surface area (Å²) in [5.74, 6) is -0.130. The van der Waals surface area contributed by atoms with Gasteiger partial charge in [-0.15, -0.1) is 0 Å². The quantitative estimate of drug-likeness (QED) is 0.143. The van der Waals surface area contributed by atoms with Crippen LogP contribution >= 0.6 is 0 Å². The minimum absolute atomic E-state index is 0.107. The second kappa shape index (κ2) is 6.97. The second-order valence-electron chi connectivity index (χ2n) is 3.62. The van der Waals surface area contributed by atoms with Crippen molar-refractivity contribution in [2.75, 3.05) is 13.7 Å². The number of hydrogen-bond donors (Lipinski definition) is 0. The highest BCUT2D eigenvalue weighted by molar-refractivity contribution is 5.96. The summed E-state index contributed by atoms with van der Waals surface area (Å²) in [6.07, 6.45) is 0.575. The maximum atomic E-state index is 11.8. The summed E-state index contributed by atoms with van der Waals surface area (Å²) in [5, 5.41) is 14.1. The number of nitro groups is 1. The Morgan fingerprint density at radius 3 is 2.89 bits per heavy atom. The third-order valence-electron chi connectivity index (χ3n) is 2.42. The lowest BCUT2D eigenvalue weighted by Gasteiger charge is -2.04. The normalized spacial score (nSPS) is 9.53. The van der Waals surface area contributed by atoms with Crippen molar-refractivity contribution in [1.29, 1.82) is 0 Å². The van der Waals surface area contributed by atoms with E-state index < -0.39 is 4.92 Å². The van der Waals surface area contributed by atoms with Crippen LogP contribution in [0.2, 0.25) is 0 Å². The topological polar surface area (TPSA) is 118 Å². The molecule has 8 heteroatoms. The van der Waals surface area contributed by atoms with Gasteiger partial charge in [0, 0.05) is 29.5 Å². The van der Waals surface area contributed by atoms with Crippen molar-refractivity contribution < 1.29 is 14.5 Å². The molecule has 0 saturated carbocycles. The third-order valence-corrected chi connectivity index (χ3v) is 2.42. The fourth-order valence-corrected chi connectivity index (χ4v) is 1.51. The summed E-state index contributed by atoms with van der Waals surface area (Å²) >= 11 is 0. The van der Waals surface area contributed by atoms with Crippen molar-refractivity contribution in [1.82, 2.24) is 0 Å². The average molecular weight is 264 g/mol. The molecule has 0 radical (unpaired) electrons. The van der Waals surface area contributed by atoms with Crippen LogP contribution < -0.4 is 4.74 Å². The molecule has 0 aromatic heterocycles. The van der Waals surface area contributed by atoms with Crippen molar-refractivity contribution in [3.63, 3.8) is 0 Å². The predicted octanol–water partition coefficient (Wildman–Crippen LogP) is 2.88. The van der Waals surface area contributed by atoms with Gasteiger partial charge in [-0.2, -0.15) is 0 Å². The molecule has 0 aliphatic heterocycles. The van der Waals surface area contributed by atoms with Gasteiger partial charge in [0.25, 0.3) is 0 Å². The van der Waals surface area contributed by atoms with Gasteiger partial charge in [-0.25, -0.2) is 0 Å². The van der Waals surface area contributed by atoms with Crippen LogP contribution in [0.1, 0.15) is 23.2 Å². The Balaban J connectivity index is 2.83. The number of benzene rings is 1. The van der Waals surface area contributed by atoms with Crippen LogP contribution in [0, 0.1) is 10.1 Å². The highest BCUT2D eigenvalue weighted by Gasteiger charge is 2.17. The number of nitro benzene ring substituents is 1. The molecule has 1 aromatic carbocycles. The number of hydrogen-bond acceptors (Lipinski definition) is 5. The summed E-state index contributed by atoms with van der Waals surface area (Å²) in [7, 11) is 1.32. The zero-order valence-electron chi connectivity index (χ0n) is 10.3. The Labute approximate surface area is 108 Å². The summed E-state index contributed by atoms with van der Waals surface area (Å²) in [6, 6.07) is 4.05. The smallest absolute Gasteiger partial charge is 0.311 e. The van der Waals surface area contributed by atoms with E-state index >= 15 is 0 Å². The first-order chi connectivity index (χ1) is 9.10. The first-order valence-electron chi connectivity index (χ1n) is 5.46. The summed E-state index contributed by atoms with van der Waals surface area (Å²) in [5.41, 5.74) is 8.09. The van der Waals surface area contributed by atoms with Crippen LogP contribution in [-0.4, -0.2) is 24.4 Å². The van der Waals surface area contributed by atoms with E-state index in [1.165, 1.54) is 25.3 Å². The average Bonchev–Trinajstić information content (AvgIpc) is 2.42. The highest BCUT2D eigenvalue weighted by atomic mass is 16.6. The van der Waals surface area contributed by atoms with Crippen molar-refractivity contribution in [3.05, 3.63) is 44.3 Å². The van der Waals surface area contributed by atoms with E-state index in [4.69, 9.17) is 10.3 Å². The van der Waals surface area contributed by atoms with Crippen molar-refractivity contribution in [2.45, 2.75) is 12.8 Å². The van der Waals surface area contributed by atoms with Crippen LogP contribution in [0.3, 0.4) is 0 Å². The van der Waals surface area contributed by atoms with E-state index in [1.807, 2.05) is 0 Å². The van der Waals surface area contributed by atoms with E-state index in [0.29, 0.717) is 6.42 Å². The first kappa shape index (κ1) is 14.5. The van der Waals surface area contributed by atoms with Crippen molar-refractivity contribution in [2.24, 2.45) is 5.11 Å². The molecular weight excluding hydrogens is 252 g/mol. The lowest BCUT2D eigenvalue weighted by Crippen LogP contribution is -2.02. The number of ether oxygens (including phenoxy) is 1. The number of nitrogens with zero attached hydrogens (tertiary/aromatic N) is 4.